The summed E-state index contributed by atoms with van der Waals surface area (Å²) in [6.07, 6.45) is 2.88. The van der Waals surface area contributed by atoms with Crippen LogP contribution < -0.4 is 9.47 Å². The van der Waals surface area contributed by atoms with Crippen molar-refractivity contribution in [1.82, 2.24) is 4.90 Å². The van der Waals surface area contributed by atoms with Gasteiger partial charge in [-0.25, -0.2) is 4.79 Å². The van der Waals surface area contributed by atoms with E-state index < -0.39 is 5.97 Å². The topological polar surface area (TPSA) is 82.1 Å². The zero-order chi connectivity index (χ0) is 21.7. The van der Waals surface area contributed by atoms with Crippen LogP contribution in [-0.2, 0) is 9.53 Å². The summed E-state index contributed by atoms with van der Waals surface area (Å²) < 4.78 is 16.1. The van der Waals surface area contributed by atoms with Gasteiger partial charge in [0.2, 0.25) is 0 Å². The summed E-state index contributed by atoms with van der Waals surface area (Å²) in [5, 5.41) is 0. The molecule has 1 aliphatic rings. The van der Waals surface area contributed by atoms with Crippen molar-refractivity contribution in [2.24, 2.45) is 0 Å². The maximum Gasteiger partial charge on any atom is 0.330 e. The number of nitrogens with zero attached hydrogens (tertiary/aromatic N) is 1. The van der Waals surface area contributed by atoms with Crippen molar-refractivity contribution in [1.29, 1.82) is 0 Å². The van der Waals surface area contributed by atoms with Crippen molar-refractivity contribution in [3.05, 3.63) is 65.2 Å². The van der Waals surface area contributed by atoms with Crippen molar-refractivity contribution in [3.8, 4) is 11.5 Å². The third-order valence-corrected chi connectivity index (χ3v) is 4.40. The first-order valence-electron chi connectivity index (χ1n) is 9.55. The van der Waals surface area contributed by atoms with E-state index in [4.69, 9.17) is 14.2 Å². The van der Waals surface area contributed by atoms with Crippen LogP contribution in [0.15, 0.2) is 48.5 Å². The van der Waals surface area contributed by atoms with Gasteiger partial charge in [-0.1, -0.05) is 18.2 Å². The Kier molecular flexibility index (Phi) is 6.51. The molecule has 0 saturated heterocycles. The van der Waals surface area contributed by atoms with Gasteiger partial charge in [0.25, 0.3) is 11.8 Å². The lowest BCUT2D eigenvalue weighted by molar-refractivity contribution is -0.137. The number of fused-ring (bicyclic) bond motifs is 1. The number of esters is 1. The molecule has 0 atom stereocenters. The highest BCUT2D eigenvalue weighted by molar-refractivity contribution is 6.21. The summed E-state index contributed by atoms with van der Waals surface area (Å²) in [6.45, 7) is 3.76. The number of methoxy groups -OCH3 is 1. The fourth-order valence-corrected chi connectivity index (χ4v) is 3.03. The number of carbonyl (C=O) groups is 3. The third kappa shape index (κ3) is 4.68. The molecule has 0 spiro atoms. The average molecular weight is 409 g/mol. The van der Waals surface area contributed by atoms with Gasteiger partial charge in [-0.2, -0.15) is 0 Å². The van der Waals surface area contributed by atoms with Crippen LogP contribution in [0.2, 0.25) is 0 Å². The molecule has 0 saturated carbocycles. The zero-order valence-electron chi connectivity index (χ0n) is 17.1. The molecule has 7 nitrogen and oxygen atoms in total. The van der Waals surface area contributed by atoms with Crippen molar-refractivity contribution >= 4 is 23.9 Å². The van der Waals surface area contributed by atoms with E-state index in [9.17, 15) is 14.4 Å². The number of carbonyl (C=O) groups excluding carboxylic acids is 3. The molecule has 0 bridgehead atoms. The van der Waals surface area contributed by atoms with Gasteiger partial charge in [-0.05, 0) is 49.8 Å². The molecule has 0 N–H and O–H groups in total. The highest BCUT2D eigenvalue weighted by Crippen LogP contribution is 2.29. The predicted molar refractivity (Wildman–Crippen MR) is 111 cm³/mol. The molecule has 30 heavy (non-hydrogen) atoms. The summed E-state index contributed by atoms with van der Waals surface area (Å²) >= 11 is 0. The molecule has 156 valence electrons. The van der Waals surface area contributed by atoms with Crippen LogP contribution in [0.5, 0.6) is 11.5 Å². The SMILES string of the molecule is COc1cc(/C=C/C(=O)OCCN2C(=O)c3ccccc3C2=O)ccc1OC(C)C. The Bertz CT molecular complexity index is 960. The van der Waals surface area contributed by atoms with E-state index in [0.717, 1.165) is 10.5 Å². The number of imide groups is 1. The minimum absolute atomic E-state index is 0.000980. The summed E-state index contributed by atoms with van der Waals surface area (Å²) in [5.41, 5.74) is 1.47. The number of amides is 2. The molecular weight excluding hydrogens is 386 g/mol. The number of benzene rings is 2. The van der Waals surface area contributed by atoms with Gasteiger partial charge in [0, 0.05) is 6.08 Å². The van der Waals surface area contributed by atoms with E-state index in [1.807, 2.05) is 13.8 Å². The highest BCUT2D eigenvalue weighted by atomic mass is 16.5. The fraction of sp³-hybridized carbons (Fsp3) is 0.261. The molecule has 2 aromatic carbocycles. The predicted octanol–water partition coefficient (Wildman–Crippen LogP) is 3.34. The Balaban J connectivity index is 1.53. The Labute approximate surface area is 174 Å². The summed E-state index contributed by atoms with van der Waals surface area (Å²) in [7, 11) is 1.55. The van der Waals surface area contributed by atoms with E-state index in [2.05, 4.69) is 0 Å². The lowest BCUT2D eigenvalue weighted by Crippen LogP contribution is -2.33. The molecule has 1 aliphatic heterocycles. The molecular formula is C23H23NO6. The molecule has 2 amide bonds. The van der Waals surface area contributed by atoms with Crippen molar-refractivity contribution < 1.29 is 28.6 Å². The van der Waals surface area contributed by atoms with Crippen molar-refractivity contribution in [2.75, 3.05) is 20.3 Å². The quantitative estimate of drug-likeness (QED) is 0.378. The van der Waals surface area contributed by atoms with Crippen LogP contribution in [-0.4, -0.2) is 49.0 Å². The molecule has 0 aliphatic carbocycles. The van der Waals surface area contributed by atoms with Crippen LogP contribution in [0.1, 0.15) is 40.1 Å². The zero-order valence-corrected chi connectivity index (χ0v) is 17.1. The van der Waals surface area contributed by atoms with E-state index in [0.29, 0.717) is 22.6 Å². The first-order chi connectivity index (χ1) is 14.4. The average Bonchev–Trinajstić information content (AvgIpc) is 2.97. The summed E-state index contributed by atoms with van der Waals surface area (Å²) in [4.78, 5) is 37.6. The highest BCUT2D eigenvalue weighted by Gasteiger charge is 2.34. The van der Waals surface area contributed by atoms with Gasteiger partial charge < -0.3 is 14.2 Å². The van der Waals surface area contributed by atoms with E-state index >= 15 is 0 Å². The lowest BCUT2D eigenvalue weighted by Gasteiger charge is -2.14. The Morgan fingerprint density at radius 1 is 1.03 bits per heavy atom. The molecule has 0 radical (unpaired) electrons. The van der Waals surface area contributed by atoms with E-state index in [-0.39, 0.29) is 31.1 Å². The van der Waals surface area contributed by atoms with E-state index in [1.165, 1.54) is 6.08 Å². The van der Waals surface area contributed by atoms with Gasteiger partial charge in [0.15, 0.2) is 11.5 Å². The number of rotatable bonds is 8. The first kappa shape index (κ1) is 21.1. The van der Waals surface area contributed by atoms with Gasteiger partial charge in [0.05, 0.1) is 30.9 Å². The number of ether oxygens (including phenoxy) is 3. The third-order valence-electron chi connectivity index (χ3n) is 4.40. The van der Waals surface area contributed by atoms with Crippen molar-refractivity contribution in [2.45, 2.75) is 20.0 Å². The van der Waals surface area contributed by atoms with Crippen LogP contribution in [0.4, 0.5) is 0 Å². The normalized spacial score (nSPS) is 13.1. The summed E-state index contributed by atoms with van der Waals surface area (Å²) in [5.74, 6) is -0.151. The second kappa shape index (κ2) is 9.26. The Hall–Kier alpha value is -3.61. The first-order valence-corrected chi connectivity index (χ1v) is 9.55. The minimum Gasteiger partial charge on any atom is -0.493 e. The molecule has 0 unspecified atom stereocenters. The van der Waals surface area contributed by atoms with Crippen LogP contribution in [0.3, 0.4) is 0 Å². The Morgan fingerprint density at radius 3 is 2.30 bits per heavy atom. The lowest BCUT2D eigenvalue weighted by atomic mass is 10.1. The molecule has 1 heterocycles. The molecule has 0 fully saturated rings. The standard InChI is InChI=1S/C23H23NO6/c1-15(2)30-19-10-8-16(14-20(19)28-3)9-11-21(25)29-13-12-24-22(26)17-6-4-5-7-18(17)23(24)27/h4-11,14-15H,12-13H2,1-3H3/b11-9+. The summed E-state index contributed by atoms with van der Waals surface area (Å²) in [6, 6.07) is 11.9. The number of hydrogen-bond donors (Lipinski definition) is 0. The smallest absolute Gasteiger partial charge is 0.330 e. The van der Waals surface area contributed by atoms with Gasteiger partial charge in [0.1, 0.15) is 6.61 Å². The molecule has 2 aromatic rings. The minimum atomic E-state index is -0.576. The maximum atomic E-state index is 12.3. The largest absolute Gasteiger partial charge is 0.493 e. The fourth-order valence-electron chi connectivity index (χ4n) is 3.03. The molecule has 3 rings (SSSR count). The van der Waals surface area contributed by atoms with Crippen LogP contribution in [0.25, 0.3) is 6.08 Å². The molecule has 7 heteroatoms. The van der Waals surface area contributed by atoms with Crippen molar-refractivity contribution in [3.63, 3.8) is 0 Å². The maximum absolute atomic E-state index is 12.3. The second-order valence-electron chi connectivity index (χ2n) is 6.89. The van der Waals surface area contributed by atoms with Gasteiger partial charge in [-0.3, -0.25) is 14.5 Å². The van der Waals surface area contributed by atoms with Crippen LogP contribution in [0, 0.1) is 0 Å². The Morgan fingerprint density at radius 2 is 1.70 bits per heavy atom. The van der Waals surface area contributed by atoms with E-state index in [1.54, 1.807) is 55.7 Å². The van der Waals surface area contributed by atoms with Crippen LogP contribution >= 0.6 is 0 Å². The monoisotopic (exact) mass is 409 g/mol. The second-order valence-corrected chi connectivity index (χ2v) is 6.89. The van der Waals surface area contributed by atoms with Gasteiger partial charge in [-0.15, -0.1) is 0 Å². The molecule has 0 aromatic heterocycles. The van der Waals surface area contributed by atoms with Gasteiger partial charge >= 0.3 is 5.97 Å². The number of hydrogen-bond acceptors (Lipinski definition) is 6.